The summed E-state index contributed by atoms with van der Waals surface area (Å²) in [5, 5.41) is 0. The molecule has 0 radical (unpaired) electrons. The van der Waals surface area contributed by atoms with Gasteiger partial charge in [-0.1, -0.05) is 12.2 Å². The van der Waals surface area contributed by atoms with Crippen LogP contribution in [0.2, 0.25) is 0 Å². The second-order valence-corrected chi connectivity index (χ2v) is 5.32. The molecule has 0 aromatic heterocycles. The predicted molar refractivity (Wildman–Crippen MR) is 77.0 cm³/mol. The summed E-state index contributed by atoms with van der Waals surface area (Å²) in [5.41, 5.74) is 5.28. The number of nitrogens with two attached hydrogens (primary N) is 1. The minimum Gasteiger partial charge on any atom is -0.389 e. The maximum atomic E-state index is 12.9. The molecule has 110 valence electrons. The Bertz CT molecular complexity index is 508. The molecule has 1 aromatic rings. The van der Waals surface area contributed by atoms with E-state index < -0.39 is 11.7 Å². The second-order valence-electron chi connectivity index (χ2n) is 4.88. The lowest BCUT2D eigenvalue weighted by Gasteiger charge is -2.34. The fraction of sp³-hybridized carbons (Fsp3) is 0.462. The first-order chi connectivity index (χ1) is 9.29. The molecule has 1 saturated heterocycles. The summed E-state index contributed by atoms with van der Waals surface area (Å²) >= 11 is 4.75. The highest BCUT2D eigenvalue weighted by atomic mass is 32.1. The SMILES string of the molecule is CN1CCN(c2ccc(C(F)(F)F)c(C(N)=S)c2)CC1. The Morgan fingerprint density at radius 1 is 1.20 bits per heavy atom. The number of likely N-dealkylation sites (N-methyl/N-ethyl adjacent to an activating group) is 1. The fourth-order valence-electron chi connectivity index (χ4n) is 2.24. The molecule has 2 N–H and O–H groups in total. The Morgan fingerprint density at radius 2 is 1.80 bits per heavy atom. The first-order valence-corrected chi connectivity index (χ1v) is 6.64. The highest BCUT2D eigenvalue weighted by Crippen LogP contribution is 2.34. The molecule has 1 aromatic carbocycles. The second kappa shape index (κ2) is 5.57. The van der Waals surface area contributed by atoms with Gasteiger partial charge in [0.25, 0.3) is 0 Å². The van der Waals surface area contributed by atoms with E-state index in [0.29, 0.717) is 0 Å². The number of alkyl halides is 3. The number of anilines is 1. The predicted octanol–water partition coefficient (Wildman–Crippen LogP) is 2.09. The van der Waals surface area contributed by atoms with Crippen molar-refractivity contribution in [2.24, 2.45) is 5.73 Å². The molecule has 0 amide bonds. The van der Waals surface area contributed by atoms with Crippen LogP contribution in [-0.4, -0.2) is 43.1 Å². The number of nitrogens with zero attached hydrogens (tertiary/aromatic N) is 2. The van der Waals surface area contributed by atoms with Crippen molar-refractivity contribution in [2.45, 2.75) is 6.18 Å². The average molecular weight is 303 g/mol. The third-order valence-corrected chi connectivity index (χ3v) is 3.66. The van der Waals surface area contributed by atoms with Gasteiger partial charge in [-0.2, -0.15) is 13.2 Å². The summed E-state index contributed by atoms with van der Waals surface area (Å²) in [6, 6.07) is 3.98. The third-order valence-electron chi connectivity index (χ3n) is 3.44. The van der Waals surface area contributed by atoms with Gasteiger partial charge in [0.05, 0.1) is 5.56 Å². The lowest BCUT2D eigenvalue weighted by molar-refractivity contribution is -0.137. The van der Waals surface area contributed by atoms with E-state index in [9.17, 15) is 13.2 Å². The van der Waals surface area contributed by atoms with Crippen molar-refractivity contribution in [1.82, 2.24) is 4.90 Å². The summed E-state index contributed by atoms with van der Waals surface area (Å²) < 4.78 is 38.7. The molecule has 7 heteroatoms. The molecule has 3 nitrogen and oxygen atoms in total. The molecular weight excluding hydrogens is 287 g/mol. The van der Waals surface area contributed by atoms with Gasteiger partial charge < -0.3 is 15.5 Å². The van der Waals surface area contributed by atoms with Crippen LogP contribution in [0, 0.1) is 0 Å². The van der Waals surface area contributed by atoms with E-state index in [0.717, 1.165) is 37.9 Å². The van der Waals surface area contributed by atoms with E-state index in [4.69, 9.17) is 18.0 Å². The van der Waals surface area contributed by atoms with Gasteiger partial charge in [-0.25, -0.2) is 0 Å². The topological polar surface area (TPSA) is 32.5 Å². The molecule has 0 spiro atoms. The molecule has 0 atom stereocenters. The van der Waals surface area contributed by atoms with Crippen molar-refractivity contribution in [3.63, 3.8) is 0 Å². The van der Waals surface area contributed by atoms with Crippen LogP contribution in [0.5, 0.6) is 0 Å². The molecule has 1 aliphatic heterocycles. The van der Waals surface area contributed by atoms with E-state index >= 15 is 0 Å². The zero-order chi connectivity index (χ0) is 14.9. The molecule has 1 fully saturated rings. The molecule has 1 heterocycles. The lowest BCUT2D eigenvalue weighted by Crippen LogP contribution is -2.44. The minimum absolute atomic E-state index is 0.107. The molecule has 20 heavy (non-hydrogen) atoms. The summed E-state index contributed by atoms with van der Waals surface area (Å²) in [7, 11) is 2.02. The molecule has 2 rings (SSSR count). The van der Waals surface area contributed by atoms with Crippen molar-refractivity contribution < 1.29 is 13.2 Å². The van der Waals surface area contributed by atoms with Crippen LogP contribution in [0.15, 0.2) is 18.2 Å². The molecule has 1 aliphatic rings. The monoisotopic (exact) mass is 303 g/mol. The lowest BCUT2D eigenvalue weighted by atomic mass is 10.1. The van der Waals surface area contributed by atoms with E-state index in [1.165, 1.54) is 12.1 Å². The maximum Gasteiger partial charge on any atom is 0.417 e. The number of piperazine rings is 1. The minimum atomic E-state index is -4.45. The van der Waals surface area contributed by atoms with Crippen LogP contribution in [-0.2, 0) is 6.18 Å². The van der Waals surface area contributed by atoms with Gasteiger partial charge >= 0.3 is 6.18 Å². The van der Waals surface area contributed by atoms with Gasteiger partial charge in [-0.15, -0.1) is 0 Å². The highest BCUT2D eigenvalue weighted by Gasteiger charge is 2.34. The summed E-state index contributed by atoms with van der Waals surface area (Å²) in [4.78, 5) is 3.99. The summed E-state index contributed by atoms with van der Waals surface area (Å²) in [5.74, 6) is 0. The quantitative estimate of drug-likeness (QED) is 0.848. The summed E-state index contributed by atoms with van der Waals surface area (Å²) in [6.07, 6.45) is -4.45. The van der Waals surface area contributed by atoms with Gasteiger partial charge in [0.2, 0.25) is 0 Å². The number of halogens is 3. The highest BCUT2D eigenvalue weighted by molar-refractivity contribution is 7.80. The van der Waals surface area contributed by atoms with Gasteiger partial charge in [0.15, 0.2) is 0 Å². The Labute approximate surface area is 121 Å². The standard InChI is InChI=1S/C13H16F3N3S/c1-18-4-6-19(7-5-18)9-2-3-11(13(14,15)16)10(8-9)12(17)20/h2-3,8H,4-7H2,1H3,(H2,17,20). The van der Waals surface area contributed by atoms with Crippen LogP contribution in [0.1, 0.15) is 11.1 Å². The Kier molecular flexibility index (Phi) is 4.19. The van der Waals surface area contributed by atoms with E-state index in [-0.39, 0.29) is 10.6 Å². The third kappa shape index (κ3) is 3.21. The number of benzene rings is 1. The molecule has 0 aliphatic carbocycles. The average Bonchev–Trinajstić information content (AvgIpc) is 2.37. The van der Waals surface area contributed by atoms with Crippen LogP contribution >= 0.6 is 12.2 Å². The Morgan fingerprint density at radius 3 is 2.30 bits per heavy atom. The van der Waals surface area contributed by atoms with Gasteiger partial charge in [-0.05, 0) is 25.2 Å². The van der Waals surface area contributed by atoms with Crippen LogP contribution in [0.4, 0.5) is 18.9 Å². The van der Waals surface area contributed by atoms with E-state index in [2.05, 4.69) is 4.90 Å². The van der Waals surface area contributed by atoms with Crippen molar-refractivity contribution in [3.8, 4) is 0 Å². The largest absolute Gasteiger partial charge is 0.417 e. The van der Waals surface area contributed by atoms with E-state index in [1.807, 2.05) is 11.9 Å². The number of hydrogen-bond acceptors (Lipinski definition) is 3. The molecule has 0 saturated carbocycles. The van der Waals surface area contributed by atoms with Crippen LogP contribution in [0.3, 0.4) is 0 Å². The Balaban J connectivity index is 2.33. The smallest absolute Gasteiger partial charge is 0.389 e. The van der Waals surface area contributed by atoms with Crippen molar-refractivity contribution >= 4 is 22.9 Å². The molecule has 0 bridgehead atoms. The van der Waals surface area contributed by atoms with Crippen molar-refractivity contribution in [1.29, 1.82) is 0 Å². The molecule has 0 unspecified atom stereocenters. The zero-order valence-corrected chi connectivity index (χ0v) is 11.9. The van der Waals surface area contributed by atoms with Gasteiger partial charge in [0.1, 0.15) is 4.99 Å². The maximum absolute atomic E-state index is 12.9. The number of rotatable bonds is 2. The fourth-order valence-corrected chi connectivity index (χ4v) is 2.41. The van der Waals surface area contributed by atoms with Crippen molar-refractivity contribution in [3.05, 3.63) is 29.3 Å². The van der Waals surface area contributed by atoms with Crippen molar-refractivity contribution in [2.75, 3.05) is 38.1 Å². The first kappa shape index (κ1) is 15.1. The Hall–Kier alpha value is -1.34. The first-order valence-electron chi connectivity index (χ1n) is 6.23. The number of thiocarbonyl (C=S) groups is 1. The number of hydrogen-bond donors (Lipinski definition) is 1. The van der Waals surface area contributed by atoms with E-state index in [1.54, 1.807) is 0 Å². The normalized spacial score (nSPS) is 17.3. The molecular formula is C13H16F3N3S. The summed E-state index contributed by atoms with van der Waals surface area (Å²) in [6.45, 7) is 3.31. The zero-order valence-electron chi connectivity index (χ0n) is 11.1. The van der Waals surface area contributed by atoms with Gasteiger partial charge in [0, 0.05) is 37.4 Å². The van der Waals surface area contributed by atoms with Gasteiger partial charge in [-0.3, -0.25) is 0 Å². The van der Waals surface area contributed by atoms with Crippen LogP contribution < -0.4 is 10.6 Å². The van der Waals surface area contributed by atoms with Crippen LogP contribution in [0.25, 0.3) is 0 Å².